The predicted octanol–water partition coefficient (Wildman–Crippen LogP) is 0.507. The van der Waals surface area contributed by atoms with E-state index in [1.165, 1.54) is 0 Å². The van der Waals surface area contributed by atoms with Crippen LogP contribution in [0.15, 0.2) is 23.1 Å². The van der Waals surface area contributed by atoms with Crippen LogP contribution in [0.4, 0.5) is 0 Å². The molecule has 0 aliphatic heterocycles. The van der Waals surface area contributed by atoms with Crippen LogP contribution in [0.25, 0.3) is 0 Å². The summed E-state index contributed by atoms with van der Waals surface area (Å²) in [5.41, 5.74) is 0. The molecule has 0 aliphatic rings. The molecule has 0 spiro atoms. The van der Waals surface area contributed by atoms with Crippen molar-refractivity contribution in [2.75, 3.05) is 0 Å². The first-order valence-electron chi connectivity index (χ1n) is 2.91. The van der Waals surface area contributed by atoms with Gasteiger partial charge in [-0.1, -0.05) is 0 Å². The average molecular weight is 207 g/mol. The smallest absolute Gasteiger partial charge is 0.298 e. The number of phenols is 2. The fourth-order valence-electron chi connectivity index (χ4n) is 0.724. The van der Waals surface area contributed by atoms with E-state index in [2.05, 4.69) is 0 Å². The molecular formula is C6H9NO5S. The number of hydrogen-bond acceptors (Lipinski definition) is 5. The average Bonchev–Trinajstić information content (AvgIpc) is 1.83. The van der Waals surface area contributed by atoms with Gasteiger partial charge >= 0.3 is 0 Å². The van der Waals surface area contributed by atoms with Crippen LogP contribution in [-0.2, 0) is 10.1 Å². The SMILES string of the molecule is N.O=S(=O)(O)c1ccc(O)cc1O. The Hall–Kier alpha value is -1.31. The Balaban J connectivity index is 0.00000144. The fourth-order valence-corrected chi connectivity index (χ4v) is 1.29. The first-order chi connectivity index (χ1) is 5.41. The second-order valence-corrected chi connectivity index (χ2v) is 3.52. The Kier molecular flexibility index (Phi) is 3.24. The minimum Gasteiger partial charge on any atom is -0.508 e. The molecule has 1 rings (SSSR count). The van der Waals surface area contributed by atoms with Crippen molar-refractivity contribution in [1.82, 2.24) is 6.15 Å². The lowest BCUT2D eigenvalue weighted by molar-refractivity contribution is 0.431. The highest BCUT2D eigenvalue weighted by Gasteiger charge is 2.14. The van der Waals surface area contributed by atoms with E-state index in [0.717, 1.165) is 18.2 Å². The van der Waals surface area contributed by atoms with Crippen molar-refractivity contribution in [3.8, 4) is 11.5 Å². The molecule has 1 aromatic carbocycles. The summed E-state index contributed by atoms with van der Waals surface area (Å²) in [4.78, 5) is -0.625. The second-order valence-electron chi connectivity index (χ2n) is 2.13. The molecule has 6 nitrogen and oxygen atoms in total. The minimum atomic E-state index is -4.41. The molecule has 6 N–H and O–H groups in total. The maximum absolute atomic E-state index is 10.5. The zero-order chi connectivity index (χ0) is 9.35. The van der Waals surface area contributed by atoms with Gasteiger partial charge in [0.05, 0.1) is 0 Å². The summed E-state index contributed by atoms with van der Waals surface area (Å²) in [7, 11) is -4.41. The second kappa shape index (κ2) is 3.60. The van der Waals surface area contributed by atoms with Gasteiger partial charge in [0.15, 0.2) is 0 Å². The Labute approximate surface area is 74.8 Å². The van der Waals surface area contributed by atoms with E-state index in [0.29, 0.717) is 0 Å². The van der Waals surface area contributed by atoms with Crippen molar-refractivity contribution in [3.63, 3.8) is 0 Å². The highest BCUT2D eigenvalue weighted by Crippen LogP contribution is 2.25. The largest absolute Gasteiger partial charge is 0.508 e. The Morgan fingerprint density at radius 1 is 1.15 bits per heavy atom. The zero-order valence-electron chi connectivity index (χ0n) is 6.51. The van der Waals surface area contributed by atoms with E-state index in [1.807, 2.05) is 0 Å². The standard InChI is InChI=1S/C6H6O5S.H3N/c7-4-1-2-6(5(8)3-4)12(9,10)11;/h1-3,7-8H,(H,9,10,11);1H3. The molecule has 1 aromatic rings. The van der Waals surface area contributed by atoms with E-state index >= 15 is 0 Å². The number of aromatic hydroxyl groups is 2. The molecule has 13 heavy (non-hydrogen) atoms. The summed E-state index contributed by atoms with van der Waals surface area (Å²) in [6, 6.07) is 2.77. The van der Waals surface area contributed by atoms with Gasteiger partial charge in [0, 0.05) is 6.07 Å². The van der Waals surface area contributed by atoms with Crippen LogP contribution >= 0.6 is 0 Å². The van der Waals surface area contributed by atoms with Crippen LogP contribution in [0.5, 0.6) is 11.5 Å². The molecule has 0 fully saturated rings. The molecule has 0 atom stereocenters. The maximum Gasteiger partial charge on any atom is 0.298 e. The van der Waals surface area contributed by atoms with Crippen molar-refractivity contribution >= 4 is 10.1 Å². The van der Waals surface area contributed by atoms with Gasteiger partial charge in [-0.3, -0.25) is 4.55 Å². The van der Waals surface area contributed by atoms with Gasteiger partial charge in [-0.25, -0.2) is 0 Å². The molecule has 74 valence electrons. The quantitative estimate of drug-likeness (QED) is 0.496. The van der Waals surface area contributed by atoms with Crippen LogP contribution in [-0.4, -0.2) is 23.2 Å². The summed E-state index contributed by atoms with van der Waals surface area (Å²) in [6.07, 6.45) is 0. The highest BCUT2D eigenvalue weighted by molar-refractivity contribution is 7.86. The number of benzene rings is 1. The van der Waals surface area contributed by atoms with E-state index in [4.69, 9.17) is 14.8 Å². The number of hydrogen-bond donors (Lipinski definition) is 4. The third-order valence-corrected chi connectivity index (χ3v) is 2.12. The molecule has 0 saturated carbocycles. The number of rotatable bonds is 1. The van der Waals surface area contributed by atoms with Crippen LogP contribution < -0.4 is 6.15 Å². The van der Waals surface area contributed by atoms with Crippen molar-refractivity contribution in [3.05, 3.63) is 18.2 Å². The molecule has 7 heteroatoms. The third-order valence-electron chi connectivity index (χ3n) is 1.22. The van der Waals surface area contributed by atoms with Crippen LogP contribution in [0.2, 0.25) is 0 Å². The summed E-state index contributed by atoms with van der Waals surface area (Å²) < 4.78 is 29.4. The van der Waals surface area contributed by atoms with Gasteiger partial charge < -0.3 is 16.4 Å². The minimum absolute atomic E-state index is 0. The van der Waals surface area contributed by atoms with Crippen molar-refractivity contribution in [2.45, 2.75) is 4.90 Å². The summed E-state index contributed by atoms with van der Waals surface area (Å²) >= 11 is 0. The lowest BCUT2D eigenvalue weighted by atomic mass is 10.3. The van der Waals surface area contributed by atoms with E-state index in [9.17, 15) is 8.42 Å². The monoisotopic (exact) mass is 207 g/mol. The van der Waals surface area contributed by atoms with Gasteiger partial charge in [0.2, 0.25) is 0 Å². The predicted molar refractivity (Wildman–Crippen MR) is 44.6 cm³/mol. The maximum atomic E-state index is 10.5. The molecule has 0 heterocycles. The first kappa shape index (κ1) is 11.7. The van der Waals surface area contributed by atoms with Crippen molar-refractivity contribution in [1.29, 1.82) is 0 Å². The highest BCUT2D eigenvalue weighted by atomic mass is 32.2. The molecule has 0 aliphatic carbocycles. The van der Waals surface area contributed by atoms with Crippen molar-refractivity contribution in [2.24, 2.45) is 0 Å². The molecule has 0 saturated heterocycles. The molecule has 0 radical (unpaired) electrons. The Bertz CT molecular complexity index is 399. The van der Waals surface area contributed by atoms with Crippen LogP contribution in [0.3, 0.4) is 0 Å². The van der Waals surface area contributed by atoms with Gasteiger partial charge in [0.25, 0.3) is 10.1 Å². The van der Waals surface area contributed by atoms with Gasteiger partial charge in [-0.15, -0.1) is 0 Å². The van der Waals surface area contributed by atoms with Crippen LogP contribution in [0.1, 0.15) is 0 Å². The fraction of sp³-hybridized carbons (Fsp3) is 0. The van der Waals surface area contributed by atoms with E-state index in [1.54, 1.807) is 0 Å². The lowest BCUT2D eigenvalue weighted by Gasteiger charge is -1.99. The molecule has 0 bridgehead atoms. The normalized spacial score (nSPS) is 10.5. The summed E-state index contributed by atoms with van der Waals surface area (Å²) in [5.74, 6) is -0.961. The number of phenolic OH excluding ortho intramolecular Hbond substituents is 2. The zero-order valence-corrected chi connectivity index (χ0v) is 7.32. The van der Waals surface area contributed by atoms with E-state index in [-0.39, 0.29) is 11.9 Å². The van der Waals surface area contributed by atoms with Gasteiger partial charge in [-0.2, -0.15) is 8.42 Å². The Morgan fingerprint density at radius 3 is 2.08 bits per heavy atom. The molecule has 0 amide bonds. The lowest BCUT2D eigenvalue weighted by Crippen LogP contribution is -1.97. The van der Waals surface area contributed by atoms with Crippen LogP contribution in [0, 0.1) is 0 Å². The molecular weight excluding hydrogens is 198 g/mol. The molecule has 0 unspecified atom stereocenters. The van der Waals surface area contributed by atoms with Crippen molar-refractivity contribution < 1.29 is 23.2 Å². The first-order valence-corrected chi connectivity index (χ1v) is 4.35. The van der Waals surface area contributed by atoms with E-state index < -0.39 is 20.8 Å². The Morgan fingerprint density at radius 2 is 1.69 bits per heavy atom. The van der Waals surface area contributed by atoms with Gasteiger partial charge in [0.1, 0.15) is 16.4 Å². The topological polar surface area (TPSA) is 130 Å². The summed E-state index contributed by atoms with van der Waals surface area (Å²) in [6.45, 7) is 0. The molecule has 0 aromatic heterocycles. The van der Waals surface area contributed by atoms with Gasteiger partial charge in [-0.05, 0) is 12.1 Å². The third kappa shape index (κ3) is 2.58. The summed E-state index contributed by atoms with van der Waals surface area (Å²) in [5, 5.41) is 17.7.